The van der Waals surface area contributed by atoms with Crippen molar-refractivity contribution in [2.75, 3.05) is 0 Å². The molecule has 0 radical (unpaired) electrons. The Labute approximate surface area is 72.9 Å². The number of hydrogen-bond donors (Lipinski definition) is 0. The zero-order valence-electron chi connectivity index (χ0n) is 6.58. The summed E-state index contributed by atoms with van der Waals surface area (Å²) in [5, 5.41) is 0. The van der Waals surface area contributed by atoms with Crippen LogP contribution in [0, 0.1) is 5.41 Å². The Bertz CT molecular complexity index is 99.2. The summed E-state index contributed by atoms with van der Waals surface area (Å²) in [7, 11) is 0. The lowest BCUT2D eigenvalue weighted by Crippen LogP contribution is -2.27. The molecule has 1 aliphatic rings. The molecule has 0 atom stereocenters. The van der Waals surface area contributed by atoms with Crippen LogP contribution in [0.4, 0.5) is 0 Å². The molecule has 1 fully saturated rings. The number of rotatable bonds is 0. The Balaban J connectivity index is 2.46. The second-order valence-corrected chi connectivity index (χ2v) is 5.66. The topological polar surface area (TPSA) is 0 Å². The lowest BCUT2D eigenvalue weighted by Gasteiger charge is -2.35. The Kier molecular flexibility index (Phi) is 2.23. The second-order valence-electron chi connectivity index (χ2n) is 4.02. The quantitative estimate of drug-likeness (QED) is 0.499. The molecule has 0 saturated heterocycles. The summed E-state index contributed by atoms with van der Waals surface area (Å²) in [5.74, 6) is 0. The molecule has 1 rings (SSSR count). The molecule has 0 heterocycles. The molecule has 0 unspecified atom stereocenters. The van der Waals surface area contributed by atoms with Crippen LogP contribution in [-0.2, 0) is 0 Å². The van der Waals surface area contributed by atoms with Crippen molar-refractivity contribution < 1.29 is 0 Å². The van der Waals surface area contributed by atoms with Gasteiger partial charge < -0.3 is 0 Å². The third-order valence-corrected chi connectivity index (χ3v) is 3.09. The van der Waals surface area contributed by atoms with Gasteiger partial charge in [0.15, 0.2) is 0 Å². The molecule has 10 heavy (non-hydrogen) atoms. The first-order chi connectivity index (χ1) is 4.41. The molecule has 1 saturated carbocycles. The predicted octanol–water partition coefficient (Wildman–Crippen LogP) is 3.76. The van der Waals surface area contributed by atoms with Gasteiger partial charge in [-0.1, -0.05) is 13.8 Å². The van der Waals surface area contributed by atoms with E-state index in [1.807, 2.05) is 0 Å². The summed E-state index contributed by atoms with van der Waals surface area (Å²) in [6.07, 6.45) is 4.20. The smallest absolute Gasteiger partial charge is 0.102 e. The highest BCUT2D eigenvalue weighted by Crippen LogP contribution is 2.45. The summed E-state index contributed by atoms with van der Waals surface area (Å²) >= 11 is 11.9. The highest BCUT2D eigenvalue weighted by Gasteiger charge is 2.34. The molecule has 0 bridgehead atoms. The van der Waals surface area contributed by atoms with E-state index in [-0.39, 0.29) is 0 Å². The van der Waals surface area contributed by atoms with E-state index in [0.717, 1.165) is 25.7 Å². The Hall–Kier alpha value is 0.580. The van der Waals surface area contributed by atoms with Crippen LogP contribution in [0.15, 0.2) is 0 Å². The molecular weight excluding hydrogens is 167 g/mol. The second kappa shape index (κ2) is 2.57. The van der Waals surface area contributed by atoms with Gasteiger partial charge in [0.1, 0.15) is 4.33 Å². The third kappa shape index (κ3) is 2.32. The fourth-order valence-electron chi connectivity index (χ4n) is 1.29. The molecular formula is C8H14Cl2. The molecule has 0 aliphatic heterocycles. The molecule has 0 nitrogen and oxygen atoms in total. The van der Waals surface area contributed by atoms with Crippen molar-refractivity contribution in [2.45, 2.75) is 43.9 Å². The molecule has 0 amide bonds. The van der Waals surface area contributed by atoms with Gasteiger partial charge in [-0.2, -0.15) is 0 Å². The fraction of sp³-hybridized carbons (Fsp3) is 1.00. The number of alkyl halides is 2. The maximum absolute atomic E-state index is 5.96. The molecule has 0 spiro atoms. The van der Waals surface area contributed by atoms with Crippen LogP contribution in [0.3, 0.4) is 0 Å². The zero-order chi connectivity index (χ0) is 7.83. The summed E-state index contributed by atoms with van der Waals surface area (Å²) in [5.41, 5.74) is 0.466. The summed E-state index contributed by atoms with van der Waals surface area (Å²) in [6.45, 7) is 4.55. The van der Waals surface area contributed by atoms with Gasteiger partial charge in [-0.15, -0.1) is 23.2 Å². The first-order valence-corrected chi connectivity index (χ1v) is 4.55. The van der Waals surface area contributed by atoms with E-state index in [0.29, 0.717) is 5.41 Å². The van der Waals surface area contributed by atoms with Crippen LogP contribution < -0.4 is 0 Å². The SMILES string of the molecule is CC1(C)CCC(Cl)(Cl)CC1. The number of hydrogen-bond acceptors (Lipinski definition) is 0. The van der Waals surface area contributed by atoms with Crippen LogP contribution in [0.2, 0.25) is 0 Å². The molecule has 1 aliphatic carbocycles. The van der Waals surface area contributed by atoms with Gasteiger partial charge in [-0.3, -0.25) is 0 Å². The van der Waals surface area contributed by atoms with E-state index < -0.39 is 4.33 Å². The van der Waals surface area contributed by atoms with Gasteiger partial charge in [0.25, 0.3) is 0 Å². The molecule has 0 aromatic rings. The third-order valence-electron chi connectivity index (χ3n) is 2.34. The van der Waals surface area contributed by atoms with Crippen molar-refractivity contribution in [3.63, 3.8) is 0 Å². The van der Waals surface area contributed by atoms with Crippen molar-refractivity contribution in [1.29, 1.82) is 0 Å². The van der Waals surface area contributed by atoms with Gasteiger partial charge in [-0.25, -0.2) is 0 Å². The van der Waals surface area contributed by atoms with Crippen molar-refractivity contribution >= 4 is 23.2 Å². The predicted molar refractivity (Wildman–Crippen MR) is 46.7 cm³/mol. The minimum Gasteiger partial charge on any atom is -0.102 e. The first kappa shape index (κ1) is 8.67. The highest BCUT2D eigenvalue weighted by molar-refractivity contribution is 6.48. The van der Waals surface area contributed by atoms with Crippen LogP contribution in [0.25, 0.3) is 0 Å². The molecule has 60 valence electrons. The van der Waals surface area contributed by atoms with Gasteiger partial charge in [0.2, 0.25) is 0 Å². The fourth-order valence-corrected chi connectivity index (χ4v) is 1.67. The van der Waals surface area contributed by atoms with Gasteiger partial charge in [-0.05, 0) is 31.1 Å². The van der Waals surface area contributed by atoms with E-state index in [9.17, 15) is 0 Å². The van der Waals surface area contributed by atoms with E-state index >= 15 is 0 Å². The van der Waals surface area contributed by atoms with Crippen molar-refractivity contribution in [1.82, 2.24) is 0 Å². The van der Waals surface area contributed by atoms with Crippen LogP contribution in [0.5, 0.6) is 0 Å². The Morgan fingerprint density at radius 3 is 1.60 bits per heavy atom. The maximum Gasteiger partial charge on any atom is 0.118 e. The monoisotopic (exact) mass is 180 g/mol. The molecule has 2 heteroatoms. The Morgan fingerprint density at radius 2 is 1.30 bits per heavy atom. The van der Waals surface area contributed by atoms with Crippen LogP contribution >= 0.6 is 23.2 Å². The van der Waals surface area contributed by atoms with Crippen LogP contribution in [-0.4, -0.2) is 4.33 Å². The highest BCUT2D eigenvalue weighted by atomic mass is 35.5. The van der Waals surface area contributed by atoms with Crippen molar-refractivity contribution in [3.05, 3.63) is 0 Å². The zero-order valence-corrected chi connectivity index (χ0v) is 8.10. The van der Waals surface area contributed by atoms with E-state index in [4.69, 9.17) is 23.2 Å². The average molecular weight is 181 g/mol. The largest absolute Gasteiger partial charge is 0.118 e. The lowest BCUT2D eigenvalue weighted by atomic mass is 9.77. The number of halogens is 2. The molecule has 0 N–H and O–H groups in total. The molecule has 0 aromatic heterocycles. The summed E-state index contributed by atoms with van der Waals surface area (Å²) < 4.78 is -0.421. The first-order valence-electron chi connectivity index (χ1n) is 3.79. The van der Waals surface area contributed by atoms with E-state index in [1.165, 1.54) is 0 Å². The van der Waals surface area contributed by atoms with Gasteiger partial charge >= 0.3 is 0 Å². The average Bonchev–Trinajstić information content (AvgIpc) is 1.79. The standard InChI is InChI=1S/C8H14Cl2/c1-7(2)3-5-8(9,10)6-4-7/h3-6H2,1-2H3. The van der Waals surface area contributed by atoms with E-state index in [1.54, 1.807) is 0 Å². The van der Waals surface area contributed by atoms with E-state index in [2.05, 4.69) is 13.8 Å². The van der Waals surface area contributed by atoms with Crippen LogP contribution in [0.1, 0.15) is 39.5 Å². The lowest BCUT2D eigenvalue weighted by molar-refractivity contribution is 0.236. The maximum atomic E-state index is 5.96. The van der Waals surface area contributed by atoms with Gasteiger partial charge in [0, 0.05) is 0 Å². The van der Waals surface area contributed by atoms with Crippen molar-refractivity contribution in [3.8, 4) is 0 Å². The minimum absolute atomic E-state index is 0.421. The van der Waals surface area contributed by atoms with Crippen molar-refractivity contribution in [2.24, 2.45) is 5.41 Å². The minimum atomic E-state index is -0.421. The normalized spacial score (nSPS) is 30.0. The van der Waals surface area contributed by atoms with Gasteiger partial charge in [0.05, 0.1) is 0 Å². The molecule has 0 aromatic carbocycles. The Morgan fingerprint density at radius 1 is 0.900 bits per heavy atom. The summed E-state index contributed by atoms with van der Waals surface area (Å²) in [4.78, 5) is 0. The summed E-state index contributed by atoms with van der Waals surface area (Å²) in [6, 6.07) is 0.